The smallest absolute Gasteiger partial charge is 0.155 e. The first-order valence-corrected chi connectivity index (χ1v) is 10.3. The summed E-state index contributed by atoms with van der Waals surface area (Å²) in [6.45, 7) is 2.85. The number of rotatable bonds is 2. The van der Waals surface area contributed by atoms with Crippen molar-refractivity contribution in [2.75, 3.05) is 0 Å². The van der Waals surface area contributed by atoms with Crippen molar-refractivity contribution in [3.8, 4) is 11.3 Å². The summed E-state index contributed by atoms with van der Waals surface area (Å²) in [7, 11) is 0. The van der Waals surface area contributed by atoms with Crippen molar-refractivity contribution in [2.45, 2.75) is 13.8 Å². The summed E-state index contributed by atoms with van der Waals surface area (Å²) < 4.78 is 2.48. The average Bonchev–Trinajstić information content (AvgIpc) is 3.10. The Labute approximate surface area is 197 Å². The van der Waals surface area contributed by atoms with Gasteiger partial charge in [0.15, 0.2) is 5.78 Å². The third-order valence-corrected chi connectivity index (χ3v) is 5.55. The zero-order chi connectivity index (χ0) is 21.1. The summed E-state index contributed by atoms with van der Waals surface area (Å²) in [5.74, 6) is -0.0625. The molecule has 0 bridgehead atoms. The van der Waals surface area contributed by atoms with Gasteiger partial charge in [0.05, 0.1) is 16.8 Å². The van der Waals surface area contributed by atoms with E-state index in [1.807, 2.05) is 24.3 Å². The van der Waals surface area contributed by atoms with Crippen LogP contribution in [0.5, 0.6) is 0 Å². The van der Waals surface area contributed by atoms with Crippen LogP contribution in [0.1, 0.15) is 13.8 Å². The van der Waals surface area contributed by atoms with E-state index in [1.54, 1.807) is 17.5 Å². The summed E-state index contributed by atoms with van der Waals surface area (Å²) in [6, 6.07) is 24.2. The molecule has 5 aromatic rings. The summed E-state index contributed by atoms with van der Waals surface area (Å²) in [6.07, 6.45) is 2.96. The van der Waals surface area contributed by atoms with Gasteiger partial charge in [-0.2, -0.15) is 11.3 Å². The molecule has 31 heavy (non-hydrogen) atoms. The van der Waals surface area contributed by atoms with Crippen LogP contribution in [-0.2, 0) is 24.9 Å². The van der Waals surface area contributed by atoms with Crippen molar-refractivity contribution >= 4 is 48.3 Å². The molecule has 0 spiro atoms. The zero-order valence-corrected chi connectivity index (χ0v) is 20.1. The second kappa shape index (κ2) is 9.92. The number of aromatic nitrogens is 2. The first kappa shape index (κ1) is 22.8. The Kier molecular flexibility index (Phi) is 7.29. The molecule has 0 saturated carbocycles. The number of benzene rings is 2. The van der Waals surface area contributed by atoms with E-state index in [1.165, 1.54) is 40.1 Å². The molecule has 0 atom stereocenters. The van der Waals surface area contributed by atoms with Gasteiger partial charge in [0.2, 0.25) is 0 Å². The van der Waals surface area contributed by atoms with Gasteiger partial charge in [0.1, 0.15) is 0 Å². The number of ketones is 1. The third kappa shape index (κ3) is 5.23. The largest absolute Gasteiger partial charge is 0.512 e. The summed E-state index contributed by atoms with van der Waals surface area (Å²) in [5.41, 5.74) is 3.79. The second-order valence-electron chi connectivity index (χ2n) is 6.85. The van der Waals surface area contributed by atoms with E-state index in [4.69, 9.17) is 10.1 Å². The number of pyridine rings is 2. The van der Waals surface area contributed by atoms with Crippen molar-refractivity contribution in [1.82, 2.24) is 9.97 Å². The Balaban J connectivity index is 0.000000299. The fraction of sp³-hybridized carbons (Fsp3) is 0.0800. The van der Waals surface area contributed by atoms with E-state index in [2.05, 4.69) is 47.4 Å². The second-order valence-corrected chi connectivity index (χ2v) is 7.90. The molecule has 1 N–H and O–H groups in total. The Hall–Kier alpha value is -2.92. The maximum atomic E-state index is 10.0. The van der Waals surface area contributed by atoms with Crippen LogP contribution >= 0.6 is 11.3 Å². The monoisotopic (exact) mass is 604 g/mol. The number of aliphatic hydroxyl groups excluding tert-OH is 1. The number of allylic oxidation sites excluding steroid dienone is 2. The topological polar surface area (TPSA) is 63.1 Å². The van der Waals surface area contributed by atoms with E-state index < -0.39 is 0 Å². The molecule has 3 aromatic heterocycles. The minimum atomic E-state index is -0.125. The van der Waals surface area contributed by atoms with E-state index in [-0.39, 0.29) is 31.6 Å². The van der Waals surface area contributed by atoms with E-state index in [0.717, 1.165) is 22.3 Å². The van der Waals surface area contributed by atoms with Crippen LogP contribution in [-0.4, -0.2) is 20.9 Å². The fourth-order valence-corrected chi connectivity index (χ4v) is 4.31. The van der Waals surface area contributed by atoms with Crippen LogP contribution in [0.3, 0.4) is 0 Å². The molecule has 0 fully saturated rings. The Morgan fingerprint density at radius 2 is 1.77 bits per heavy atom. The van der Waals surface area contributed by atoms with Crippen LogP contribution in [0.15, 0.2) is 78.7 Å². The number of carbonyl (C=O) groups is 1. The van der Waals surface area contributed by atoms with Crippen LogP contribution in [0.25, 0.3) is 42.5 Å². The first-order chi connectivity index (χ1) is 14.5. The summed E-state index contributed by atoms with van der Waals surface area (Å²) in [4.78, 5) is 19.1. The molecule has 6 heteroatoms. The van der Waals surface area contributed by atoms with Gasteiger partial charge in [-0.05, 0) is 53.9 Å². The molecule has 0 aliphatic carbocycles. The summed E-state index contributed by atoms with van der Waals surface area (Å²) >= 11 is 1.78. The molecule has 0 aliphatic rings. The molecule has 5 rings (SSSR count). The Morgan fingerprint density at radius 3 is 2.52 bits per heavy atom. The van der Waals surface area contributed by atoms with Gasteiger partial charge in [-0.1, -0.05) is 29.7 Å². The molecule has 0 aliphatic heterocycles. The Morgan fingerprint density at radius 1 is 0.968 bits per heavy atom. The molecule has 3 heterocycles. The minimum absolute atomic E-state index is 0. The molecule has 1 radical (unpaired) electrons. The molecular formula is C25H19IrN2O2S-. The molecule has 0 amide bonds. The van der Waals surface area contributed by atoms with Crippen LogP contribution in [0.4, 0.5) is 0 Å². The van der Waals surface area contributed by atoms with Gasteiger partial charge in [0, 0.05) is 37.1 Å². The van der Waals surface area contributed by atoms with Crippen LogP contribution < -0.4 is 0 Å². The number of aliphatic hydroxyl groups is 1. The molecule has 4 nitrogen and oxygen atoms in total. The normalized spacial score (nSPS) is 11.1. The number of hydrogen-bond acceptors (Lipinski definition) is 5. The van der Waals surface area contributed by atoms with Gasteiger partial charge in [-0.3, -0.25) is 14.8 Å². The zero-order valence-electron chi connectivity index (χ0n) is 16.9. The number of nitrogens with zero attached hydrogens (tertiary/aromatic N) is 2. The van der Waals surface area contributed by atoms with Crippen molar-refractivity contribution in [3.05, 3.63) is 84.8 Å². The van der Waals surface area contributed by atoms with Crippen LogP contribution in [0.2, 0.25) is 0 Å². The maximum Gasteiger partial charge on any atom is 0.155 e. The molecule has 0 saturated heterocycles. The van der Waals surface area contributed by atoms with Crippen LogP contribution in [0, 0.1) is 6.07 Å². The quantitative estimate of drug-likeness (QED) is 0.142. The minimum Gasteiger partial charge on any atom is -0.512 e. The predicted octanol–water partition coefficient (Wildman–Crippen LogP) is 6.50. The van der Waals surface area contributed by atoms with Gasteiger partial charge < -0.3 is 5.11 Å². The predicted molar refractivity (Wildman–Crippen MR) is 124 cm³/mol. The third-order valence-electron chi connectivity index (χ3n) is 4.44. The van der Waals surface area contributed by atoms with E-state index in [0.29, 0.717) is 0 Å². The number of thiophene rings is 1. The average molecular weight is 604 g/mol. The standard InChI is InChI=1S/C20H11N2S.C5H8O2.Ir/c1-2-6-19-14(4-1)15-8-7-13(12-20(15)23-19)16-9-10-17-18(22-16)5-3-11-21-17;1-4(6)3-5(2)7;/h1-11H;3,6H,1-2H3;/q-1;;/b;4-3-;. The maximum absolute atomic E-state index is 10.0. The molecule has 157 valence electrons. The van der Waals surface area contributed by atoms with Gasteiger partial charge >= 0.3 is 0 Å². The van der Waals surface area contributed by atoms with Gasteiger partial charge in [0.25, 0.3) is 0 Å². The first-order valence-electron chi connectivity index (χ1n) is 9.45. The number of carbonyl (C=O) groups excluding carboxylic acids is 1. The van der Waals surface area contributed by atoms with Gasteiger partial charge in [-0.15, -0.1) is 23.8 Å². The van der Waals surface area contributed by atoms with E-state index in [9.17, 15) is 4.79 Å². The Bertz CT molecular complexity index is 1400. The SMILES string of the molecule is CC(=O)/C=C(/C)O.[Ir].[c-]1c(-c2ccc3ncccc3n2)ccc2c1sc1ccccc12. The van der Waals surface area contributed by atoms with E-state index >= 15 is 0 Å². The molecule has 2 aromatic carbocycles. The van der Waals surface area contributed by atoms with Crippen molar-refractivity contribution < 1.29 is 30.0 Å². The molecule has 0 unspecified atom stereocenters. The van der Waals surface area contributed by atoms with Crippen molar-refractivity contribution in [2.24, 2.45) is 0 Å². The summed E-state index contributed by atoms with van der Waals surface area (Å²) in [5, 5.41) is 10.9. The number of hydrogen-bond donors (Lipinski definition) is 1. The van der Waals surface area contributed by atoms with Gasteiger partial charge in [-0.25, -0.2) is 0 Å². The fourth-order valence-electron chi connectivity index (χ4n) is 3.20. The van der Waals surface area contributed by atoms with Crippen molar-refractivity contribution in [1.29, 1.82) is 0 Å². The van der Waals surface area contributed by atoms with Crippen molar-refractivity contribution in [3.63, 3.8) is 0 Å². The molecular weight excluding hydrogens is 585 g/mol. The number of fused-ring (bicyclic) bond motifs is 4.